The summed E-state index contributed by atoms with van der Waals surface area (Å²) < 4.78 is 57.4. The van der Waals surface area contributed by atoms with E-state index in [1.54, 1.807) is 50.2 Å². The van der Waals surface area contributed by atoms with Crippen LogP contribution < -0.4 is 5.32 Å². The van der Waals surface area contributed by atoms with Crippen LogP contribution in [0.3, 0.4) is 0 Å². The second kappa shape index (κ2) is 8.24. The summed E-state index contributed by atoms with van der Waals surface area (Å²) in [7, 11) is -7.64. The Balaban J connectivity index is 1.97. The molecule has 9 nitrogen and oxygen atoms in total. The molecule has 1 aliphatic rings. The molecule has 1 saturated heterocycles. The van der Waals surface area contributed by atoms with E-state index >= 15 is 0 Å². The first-order valence-corrected chi connectivity index (χ1v) is 13.9. The van der Waals surface area contributed by atoms with Gasteiger partial charge in [-0.15, -0.1) is 0 Å². The Labute approximate surface area is 198 Å². The number of rotatable bonds is 6. The summed E-state index contributed by atoms with van der Waals surface area (Å²) in [6.07, 6.45) is 2.27. The van der Waals surface area contributed by atoms with Gasteiger partial charge in [-0.3, -0.25) is 4.90 Å². The molecule has 1 N–H and O–H groups in total. The van der Waals surface area contributed by atoms with Gasteiger partial charge in [0.15, 0.2) is 20.5 Å². The van der Waals surface area contributed by atoms with Gasteiger partial charge >= 0.3 is 6.03 Å². The minimum Gasteiger partial charge on any atom is -0.360 e. The minimum absolute atomic E-state index is 0.0980. The Hall–Kier alpha value is -3.18. The first kappa shape index (κ1) is 24.0. The number of carbonyl (C=O) groups excluding carboxylic acids is 1. The maximum Gasteiger partial charge on any atom is 0.319 e. The summed E-state index contributed by atoms with van der Waals surface area (Å²) in [5.41, 5.74) is 1.58. The lowest BCUT2D eigenvalue weighted by Crippen LogP contribution is -2.53. The van der Waals surface area contributed by atoms with Crippen LogP contribution in [0.5, 0.6) is 0 Å². The number of sulfone groups is 2. The molecule has 0 saturated carbocycles. The highest BCUT2D eigenvalue weighted by atomic mass is 32.2. The van der Waals surface area contributed by atoms with E-state index in [9.17, 15) is 21.6 Å². The van der Waals surface area contributed by atoms with Gasteiger partial charge in [-0.2, -0.15) is 0 Å². The summed E-state index contributed by atoms with van der Waals surface area (Å²) in [6, 6.07) is 12.3. The number of nitrogens with one attached hydrogen (secondary N) is 1. The number of hydrogen-bond donors (Lipinski definition) is 1. The molecule has 3 aromatic rings. The first-order chi connectivity index (χ1) is 15.9. The van der Waals surface area contributed by atoms with Crippen molar-refractivity contribution < 1.29 is 26.2 Å². The highest BCUT2D eigenvalue weighted by Crippen LogP contribution is 2.44. The van der Waals surface area contributed by atoms with Gasteiger partial charge in [0, 0.05) is 12.3 Å². The van der Waals surface area contributed by atoms with Gasteiger partial charge in [0.2, 0.25) is 9.84 Å². The molecule has 1 atom stereocenters. The molecule has 34 heavy (non-hydrogen) atoms. The molecule has 1 aromatic heterocycles. The fraction of sp³-hybridized carbons (Fsp3) is 0.304. The van der Waals surface area contributed by atoms with Gasteiger partial charge in [0.1, 0.15) is 4.90 Å². The van der Waals surface area contributed by atoms with Gasteiger partial charge < -0.3 is 9.84 Å². The molecule has 4 rings (SSSR count). The number of amides is 2. The molecule has 1 fully saturated rings. The Bertz CT molecular complexity index is 1480. The number of carbonyl (C=O) groups is 1. The Morgan fingerprint density at radius 3 is 2.29 bits per heavy atom. The van der Waals surface area contributed by atoms with Crippen molar-refractivity contribution in [1.82, 2.24) is 15.4 Å². The van der Waals surface area contributed by atoms with Gasteiger partial charge in [0.25, 0.3) is 0 Å². The zero-order valence-corrected chi connectivity index (χ0v) is 20.8. The molecule has 0 aliphatic carbocycles. The topological polar surface area (TPSA) is 127 Å². The Morgan fingerprint density at radius 2 is 1.71 bits per heavy atom. The molecule has 0 radical (unpaired) electrons. The lowest BCUT2D eigenvalue weighted by atomic mass is 9.98. The van der Waals surface area contributed by atoms with Crippen LogP contribution in [-0.2, 0) is 24.5 Å². The van der Waals surface area contributed by atoms with Crippen LogP contribution in [0.1, 0.15) is 25.2 Å². The fourth-order valence-electron chi connectivity index (χ4n) is 4.38. The minimum atomic E-state index is -4.21. The summed E-state index contributed by atoms with van der Waals surface area (Å²) in [6.45, 7) is 4.82. The van der Waals surface area contributed by atoms with Crippen molar-refractivity contribution in [2.75, 3.05) is 12.8 Å². The van der Waals surface area contributed by atoms with Crippen LogP contribution in [0, 0.1) is 6.92 Å². The molecule has 0 spiro atoms. The molecule has 1 unspecified atom stereocenters. The number of urea groups is 1. The van der Waals surface area contributed by atoms with Crippen molar-refractivity contribution in [3.63, 3.8) is 0 Å². The summed E-state index contributed by atoms with van der Waals surface area (Å²) >= 11 is 0. The van der Waals surface area contributed by atoms with Gasteiger partial charge in [0.05, 0.1) is 17.6 Å². The SMILES string of the molecule is Cc1oncc1S(=O)(=O)C1(c2cccc(-c3cccc(S(C)(=O)=O)c3)c2)CNC(=O)N1C(C)C. The van der Waals surface area contributed by atoms with Gasteiger partial charge in [-0.25, -0.2) is 21.6 Å². The normalized spacial score (nSPS) is 19.0. The molecule has 2 heterocycles. The predicted octanol–water partition coefficient (Wildman–Crippen LogP) is 3.11. The number of hydrogen-bond acceptors (Lipinski definition) is 7. The van der Waals surface area contributed by atoms with Crippen molar-refractivity contribution in [2.24, 2.45) is 0 Å². The standard InChI is InChI=1S/C23H25N3O6S2/c1-15(2)26-22(27)24-14-23(26,34(30,31)21-13-25-32-16(21)3)19-9-5-7-17(11-19)18-8-6-10-20(12-18)33(4,28)29/h5-13,15H,14H2,1-4H3,(H,24,27). The van der Waals surface area contributed by atoms with Crippen molar-refractivity contribution in [1.29, 1.82) is 0 Å². The maximum atomic E-state index is 14.1. The van der Waals surface area contributed by atoms with E-state index in [0.29, 0.717) is 16.7 Å². The summed E-state index contributed by atoms with van der Waals surface area (Å²) in [5, 5.41) is 6.33. The third-order valence-corrected chi connectivity index (χ3v) is 9.50. The number of benzene rings is 2. The van der Waals surface area contributed by atoms with E-state index in [1.807, 2.05) is 0 Å². The van der Waals surface area contributed by atoms with Crippen LogP contribution in [0.25, 0.3) is 11.1 Å². The Kier molecular flexibility index (Phi) is 5.81. The van der Waals surface area contributed by atoms with Crippen molar-refractivity contribution in [2.45, 2.75) is 41.5 Å². The molecule has 1 aliphatic heterocycles. The fourth-order valence-corrected chi connectivity index (χ4v) is 7.26. The monoisotopic (exact) mass is 503 g/mol. The highest BCUT2D eigenvalue weighted by Gasteiger charge is 2.58. The second-order valence-corrected chi connectivity index (χ2v) is 12.7. The van der Waals surface area contributed by atoms with Crippen LogP contribution in [0.15, 0.2) is 69.0 Å². The zero-order valence-electron chi connectivity index (χ0n) is 19.1. The first-order valence-electron chi connectivity index (χ1n) is 10.5. The van der Waals surface area contributed by atoms with E-state index in [1.165, 1.54) is 24.0 Å². The summed E-state index contributed by atoms with van der Waals surface area (Å²) in [4.78, 5) is 12.5. The Morgan fingerprint density at radius 1 is 1.06 bits per heavy atom. The van der Waals surface area contributed by atoms with Crippen molar-refractivity contribution >= 4 is 25.7 Å². The number of nitrogens with zero attached hydrogens (tertiary/aromatic N) is 2. The van der Waals surface area contributed by atoms with Crippen LogP contribution in [-0.4, -0.2) is 51.8 Å². The third kappa shape index (κ3) is 3.68. The van der Waals surface area contributed by atoms with E-state index in [-0.39, 0.29) is 22.1 Å². The lowest BCUT2D eigenvalue weighted by molar-refractivity contribution is 0.170. The van der Waals surface area contributed by atoms with Crippen LogP contribution in [0.2, 0.25) is 0 Å². The van der Waals surface area contributed by atoms with Crippen LogP contribution in [0.4, 0.5) is 4.79 Å². The second-order valence-electron chi connectivity index (χ2n) is 8.54. The van der Waals surface area contributed by atoms with Gasteiger partial charge in [-0.05, 0) is 55.7 Å². The molecular weight excluding hydrogens is 478 g/mol. The number of aromatic nitrogens is 1. The van der Waals surface area contributed by atoms with Crippen molar-refractivity contribution in [3.8, 4) is 11.1 Å². The average Bonchev–Trinajstić information content (AvgIpc) is 3.37. The lowest BCUT2D eigenvalue weighted by Gasteiger charge is -2.39. The quantitative estimate of drug-likeness (QED) is 0.548. The molecule has 2 aromatic carbocycles. The maximum absolute atomic E-state index is 14.1. The molecule has 2 amide bonds. The van der Waals surface area contributed by atoms with Crippen LogP contribution >= 0.6 is 0 Å². The molecule has 0 bridgehead atoms. The summed E-state index contributed by atoms with van der Waals surface area (Å²) in [5.74, 6) is 0.124. The van der Waals surface area contributed by atoms with E-state index in [0.717, 1.165) is 12.5 Å². The third-order valence-electron chi connectivity index (χ3n) is 5.95. The zero-order chi connectivity index (χ0) is 24.9. The van der Waals surface area contributed by atoms with E-state index in [4.69, 9.17) is 4.52 Å². The van der Waals surface area contributed by atoms with Gasteiger partial charge in [-0.1, -0.05) is 35.5 Å². The van der Waals surface area contributed by atoms with Crippen molar-refractivity contribution in [3.05, 3.63) is 66.1 Å². The largest absolute Gasteiger partial charge is 0.360 e. The van der Waals surface area contributed by atoms with E-state index in [2.05, 4.69) is 10.5 Å². The molecule has 180 valence electrons. The average molecular weight is 504 g/mol. The molecule has 11 heteroatoms. The smallest absolute Gasteiger partial charge is 0.319 e. The number of aryl methyl sites for hydroxylation is 1. The predicted molar refractivity (Wildman–Crippen MR) is 125 cm³/mol. The molecular formula is C23H25N3O6S2. The van der Waals surface area contributed by atoms with E-state index < -0.39 is 36.6 Å². The highest BCUT2D eigenvalue weighted by molar-refractivity contribution is 7.92.